The highest BCUT2D eigenvalue weighted by atomic mass is 16.2. The quantitative estimate of drug-likeness (QED) is 0.663. The van der Waals surface area contributed by atoms with Crippen LogP contribution in [0.3, 0.4) is 0 Å². The van der Waals surface area contributed by atoms with Crippen LogP contribution in [0.25, 0.3) is 0 Å². The fraction of sp³-hybridized carbons (Fsp3) is 0.750. The van der Waals surface area contributed by atoms with Gasteiger partial charge in [0.1, 0.15) is 6.54 Å². The normalized spacial score (nSPS) is 28.1. The van der Waals surface area contributed by atoms with E-state index in [1.54, 1.807) is 9.80 Å². The summed E-state index contributed by atoms with van der Waals surface area (Å²) in [6, 6.07) is 0. The minimum absolute atomic E-state index is 0.00562. The molecule has 3 fully saturated rings. The minimum atomic E-state index is -0.210. The predicted octanol–water partition coefficient (Wildman–Crippen LogP) is -0.148. The molecule has 0 radical (unpaired) electrons. The Morgan fingerprint density at radius 3 is 1.87 bits per heavy atom. The van der Waals surface area contributed by atoms with Crippen molar-refractivity contribution in [3.05, 3.63) is 0 Å². The van der Waals surface area contributed by atoms with Crippen LogP contribution >= 0.6 is 0 Å². The number of rotatable bonds is 2. The summed E-state index contributed by atoms with van der Waals surface area (Å²) in [4.78, 5) is 53.0. The summed E-state index contributed by atoms with van der Waals surface area (Å²) < 4.78 is 0. The topological polar surface area (TPSA) is 78.0 Å². The smallest absolute Gasteiger partial charge is 0.242 e. The number of imide groups is 1. The lowest BCUT2D eigenvalue weighted by Crippen LogP contribution is -2.52. The molecular weight excluding hydrogens is 298 g/mol. The van der Waals surface area contributed by atoms with Crippen LogP contribution in [0.5, 0.6) is 0 Å². The van der Waals surface area contributed by atoms with Crippen LogP contribution in [0.2, 0.25) is 0 Å². The summed E-state index contributed by atoms with van der Waals surface area (Å²) in [6.45, 7) is 3.30. The van der Waals surface area contributed by atoms with Crippen LogP contribution in [0.15, 0.2) is 0 Å². The lowest BCUT2D eigenvalue weighted by Gasteiger charge is -2.34. The van der Waals surface area contributed by atoms with E-state index in [0.717, 1.165) is 25.7 Å². The Balaban J connectivity index is 1.59. The van der Waals surface area contributed by atoms with E-state index in [9.17, 15) is 19.2 Å². The van der Waals surface area contributed by atoms with Crippen molar-refractivity contribution in [3.8, 4) is 0 Å². The minimum Gasteiger partial charge on any atom is -0.339 e. The Bertz CT molecular complexity index is 515. The van der Waals surface area contributed by atoms with Gasteiger partial charge in [0.2, 0.25) is 23.6 Å². The van der Waals surface area contributed by atoms with Crippen molar-refractivity contribution in [2.24, 2.45) is 11.8 Å². The van der Waals surface area contributed by atoms with Gasteiger partial charge < -0.3 is 9.80 Å². The van der Waals surface area contributed by atoms with E-state index in [1.807, 2.05) is 0 Å². The molecule has 126 valence electrons. The molecule has 2 saturated heterocycles. The summed E-state index contributed by atoms with van der Waals surface area (Å²) in [5, 5.41) is 0. The molecule has 0 aromatic heterocycles. The molecule has 2 atom stereocenters. The lowest BCUT2D eigenvalue weighted by atomic mass is 9.81. The van der Waals surface area contributed by atoms with Gasteiger partial charge >= 0.3 is 0 Å². The first kappa shape index (κ1) is 16.0. The third-order valence-corrected chi connectivity index (χ3v) is 5.30. The second-order valence-electron chi connectivity index (χ2n) is 6.65. The Morgan fingerprint density at radius 1 is 0.913 bits per heavy atom. The highest BCUT2D eigenvalue weighted by Gasteiger charge is 2.48. The third-order valence-electron chi connectivity index (χ3n) is 5.30. The molecule has 2 aliphatic heterocycles. The van der Waals surface area contributed by atoms with Crippen molar-refractivity contribution >= 4 is 23.6 Å². The number of carbonyl (C=O) groups is 4. The summed E-state index contributed by atoms with van der Waals surface area (Å²) >= 11 is 0. The van der Waals surface area contributed by atoms with Gasteiger partial charge in [0, 0.05) is 33.1 Å². The number of hydrogen-bond donors (Lipinski definition) is 0. The van der Waals surface area contributed by atoms with Crippen molar-refractivity contribution in [2.45, 2.75) is 32.6 Å². The van der Waals surface area contributed by atoms with Crippen molar-refractivity contribution in [1.29, 1.82) is 0 Å². The lowest BCUT2D eigenvalue weighted by molar-refractivity contribution is -0.147. The van der Waals surface area contributed by atoms with Crippen molar-refractivity contribution in [1.82, 2.24) is 14.7 Å². The number of nitrogens with zero attached hydrogens (tertiary/aromatic N) is 3. The van der Waals surface area contributed by atoms with Crippen LogP contribution in [-0.4, -0.2) is 71.1 Å². The first-order valence-electron chi connectivity index (χ1n) is 8.37. The van der Waals surface area contributed by atoms with Crippen molar-refractivity contribution in [3.63, 3.8) is 0 Å². The van der Waals surface area contributed by atoms with Gasteiger partial charge in [0.05, 0.1) is 11.8 Å². The Labute approximate surface area is 135 Å². The predicted molar refractivity (Wildman–Crippen MR) is 81.0 cm³/mol. The number of carbonyl (C=O) groups excluding carboxylic acids is 4. The van der Waals surface area contributed by atoms with Gasteiger partial charge in [-0.2, -0.15) is 0 Å². The molecule has 1 saturated carbocycles. The monoisotopic (exact) mass is 321 g/mol. The molecule has 0 bridgehead atoms. The van der Waals surface area contributed by atoms with Crippen LogP contribution in [0.4, 0.5) is 0 Å². The van der Waals surface area contributed by atoms with Crippen LogP contribution in [-0.2, 0) is 19.2 Å². The maximum atomic E-state index is 12.4. The molecule has 2 heterocycles. The zero-order valence-electron chi connectivity index (χ0n) is 13.5. The van der Waals surface area contributed by atoms with Crippen LogP contribution in [0, 0.1) is 11.8 Å². The van der Waals surface area contributed by atoms with Gasteiger partial charge in [-0.1, -0.05) is 12.8 Å². The fourth-order valence-corrected chi connectivity index (χ4v) is 3.89. The maximum Gasteiger partial charge on any atom is 0.242 e. The second kappa shape index (κ2) is 6.29. The molecule has 0 aromatic rings. The number of likely N-dealkylation sites (tertiary alicyclic amines) is 1. The Kier molecular flexibility index (Phi) is 4.37. The molecule has 4 amide bonds. The highest BCUT2D eigenvalue weighted by Crippen LogP contribution is 2.37. The molecule has 0 unspecified atom stereocenters. The molecule has 7 heteroatoms. The number of piperazine rings is 1. The van der Waals surface area contributed by atoms with Gasteiger partial charge in [-0.05, 0) is 12.8 Å². The summed E-state index contributed by atoms with van der Waals surface area (Å²) in [7, 11) is 0. The van der Waals surface area contributed by atoms with E-state index < -0.39 is 0 Å². The van der Waals surface area contributed by atoms with E-state index in [2.05, 4.69) is 0 Å². The van der Waals surface area contributed by atoms with E-state index in [4.69, 9.17) is 0 Å². The molecule has 0 spiro atoms. The zero-order chi connectivity index (χ0) is 16.6. The van der Waals surface area contributed by atoms with Crippen LogP contribution < -0.4 is 0 Å². The summed E-state index contributed by atoms with van der Waals surface area (Å²) in [5.74, 6) is -0.956. The third kappa shape index (κ3) is 2.96. The van der Waals surface area contributed by atoms with Gasteiger partial charge in [0.25, 0.3) is 0 Å². The molecule has 0 N–H and O–H groups in total. The second-order valence-corrected chi connectivity index (χ2v) is 6.65. The van der Waals surface area contributed by atoms with Crippen molar-refractivity contribution < 1.29 is 19.2 Å². The SMILES string of the molecule is CC(=O)N1CCN(C(=O)CN2C(=O)[C@H]3CCCC[C@H]3C2=O)CC1. The molecule has 0 aromatic carbocycles. The molecule has 1 aliphatic carbocycles. The van der Waals surface area contributed by atoms with Gasteiger partial charge in [0.15, 0.2) is 0 Å². The number of fused-ring (bicyclic) bond motifs is 1. The molecule has 7 nitrogen and oxygen atoms in total. The average Bonchev–Trinajstić information content (AvgIpc) is 2.80. The largest absolute Gasteiger partial charge is 0.339 e. The Morgan fingerprint density at radius 2 is 1.39 bits per heavy atom. The Hall–Kier alpha value is -1.92. The summed E-state index contributed by atoms with van der Waals surface area (Å²) in [5.41, 5.74) is 0. The molecule has 3 aliphatic rings. The first-order valence-corrected chi connectivity index (χ1v) is 8.37. The average molecular weight is 321 g/mol. The number of amides is 4. The number of hydrogen-bond acceptors (Lipinski definition) is 4. The molecule has 23 heavy (non-hydrogen) atoms. The standard InChI is InChI=1S/C16H23N3O4/c1-11(20)17-6-8-18(9-7-17)14(21)10-19-15(22)12-4-2-3-5-13(12)16(19)23/h12-13H,2-10H2,1H3/t12-,13+. The van der Waals surface area contributed by atoms with E-state index >= 15 is 0 Å². The van der Waals surface area contributed by atoms with Crippen LogP contribution in [0.1, 0.15) is 32.6 Å². The maximum absolute atomic E-state index is 12.4. The van der Waals surface area contributed by atoms with E-state index in [-0.39, 0.29) is 42.0 Å². The summed E-state index contributed by atoms with van der Waals surface area (Å²) in [6.07, 6.45) is 3.48. The van der Waals surface area contributed by atoms with Crippen molar-refractivity contribution in [2.75, 3.05) is 32.7 Å². The van der Waals surface area contributed by atoms with E-state index in [0.29, 0.717) is 26.2 Å². The fourth-order valence-electron chi connectivity index (χ4n) is 3.89. The first-order chi connectivity index (χ1) is 11.0. The molecule has 3 rings (SSSR count). The van der Waals surface area contributed by atoms with Gasteiger partial charge in [-0.15, -0.1) is 0 Å². The van der Waals surface area contributed by atoms with Gasteiger partial charge in [-0.3, -0.25) is 24.1 Å². The van der Waals surface area contributed by atoms with E-state index in [1.165, 1.54) is 11.8 Å². The highest BCUT2D eigenvalue weighted by molar-refractivity contribution is 6.07. The molecular formula is C16H23N3O4. The zero-order valence-corrected chi connectivity index (χ0v) is 13.5. The van der Waals surface area contributed by atoms with Gasteiger partial charge in [-0.25, -0.2) is 0 Å².